The molecule has 5 aliphatic rings. The van der Waals surface area contributed by atoms with Gasteiger partial charge in [-0.2, -0.15) is 5.26 Å². The van der Waals surface area contributed by atoms with Crippen LogP contribution >= 0.6 is 0 Å². The van der Waals surface area contributed by atoms with E-state index < -0.39 is 0 Å². The van der Waals surface area contributed by atoms with E-state index in [1.54, 1.807) is 6.26 Å². The number of carbonyl (C=O) groups is 1. The lowest BCUT2D eigenvalue weighted by molar-refractivity contribution is -0.122. The Morgan fingerprint density at radius 2 is 2.12 bits per heavy atom. The number of Topliss-reactive ketones (excluding diaryl/α,β-unsaturated/α-hetero) is 1. The Balaban J connectivity index is 1.33. The minimum Gasteiger partial charge on any atom is -0.494 e. The molecule has 3 saturated carbocycles. The molecule has 174 valence electrons. The molecule has 0 N–H and O–H groups in total. The van der Waals surface area contributed by atoms with E-state index in [1.165, 1.54) is 36.2 Å². The molecule has 4 aliphatic carbocycles. The average molecular weight is 438 g/mol. The Kier molecular flexibility index (Phi) is 5.46. The Morgan fingerprint density at radius 3 is 2.91 bits per heavy atom. The van der Waals surface area contributed by atoms with Gasteiger partial charge in [0.1, 0.15) is 18.5 Å². The zero-order valence-electron chi connectivity index (χ0n) is 20.3. The van der Waals surface area contributed by atoms with Crippen LogP contribution in [0.3, 0.4) is 0 Å². The first-order valence-electron chi connectivity index (χ1n) is 12.9. The van der Waals surface area contributed by atoms with Gasteiger partial charge in [-0.3, -0.25) is 4.79 Å². The lowest BCUT2D eigenvalue weighted by atomic mass is 9.47. The molecule has 1 aliphatic heterocycles. The van der Waals surface area contributed by atoms with Gasteiger partial charge in [-0.1, -0.05) is 32.4 Å². The molecule has 0 amide bonds. The summed E-state index contributed by atoms with van der Waals surface area (Å²) in [6.45, 7) is 9.99. The van der Waals surface area contributed by atoms with Crippen LogP contribution in [0, 0.1) is 51.9 Å². The second-order valence-corrected chi connectivity index (χ2v) is 12.0. The number of hydrogen-bond acceptors (Lipinski definition) is 4. The van der Waals surface area contributed by atoms with E-state index in [9.17, 15) is 4.79 Å². The predicted molar refractivity (Wildman–Crippen MR) is 123 cm³/mol. The third-order valence-corrected chi connectivity index (χ3v) is 10.4. The van der Waals surface area contributed by atoms with Crippen LogP contribution in [0.15, 0.2) is 23.0 Å². The lowest BCUT2D eigenvalue weighted by Crippen LogP contribution is -2.50. The maximum absolute atomic E-state index is 12.1. The van der Waals surface area contributed by atoms with Gasteiger partial charge < -0.3 is 9.47 Å². The lowest BCUT2D eigenvalue weighted by Gasteiger charge is -2.57. The van der Waals surface area contributed by atoms with E-state index >= 15 is 0 Å². The molecule has 4 heteroatoms. The molecule has 0 unspecified atom stereocenters. The van der Waals surface area contributed by atoms with Crippen LogP contribution in [0.25, 0.3) is 0 Å². The molecule has 5 rings (SSSR count). The summed E-state index contributed by atoms with van der Waals surface area (Å²) < 4.78 is 11.6. The monoisotopic (exact) mass is 437 g/mol. The van der Waals surface area contributed by atoms with E-state index in [1.807, 2.05) is 0 Å². The second kappa shape index (κ2) is 7.93. The number of ketones is 1. The Labute approximate surface area is 193 Å². The van der Waals surface area contributed by atoms with Crippen LogP contribution in [-0.4, -0.2) is 18.5 Å². The second-order valence-electron chi connectivity index (χ2n) is 12.0. The summed E-state index contributed by atoms with van der Waals surface area (Å²) in [5, 5.41) is 8.63. The summed E-state index contributed by atoms with van der Waals surface area (Å²) >= 11 is 0. The van der Waals surface area contributed by atoms with Crippen LogP contribution in [0.5, 0.6) is 0 Å². The van der Waals surface area contributed by atoms with Gasteiger partial charge >= 0.3 is 0 Å². The maximum Gasteiger partial charge on any atom is 0.286 e. The van der Waals surface area contributed by atoms with Crippen molar-refractivity contribution in [3.63, 3.8) is 0 Å². The number of ether oxygens (including phenoxy) is 2. The zero-order chi connectivity index (χ0) is 22.7. The molecule has 0 aromatic rings. The van der Waals surface area contributed by atoms with Gasteiger partial charge in [-0.25, -0.2) is 0 Å². The number of hydrogen-bond donors (Lipinski definition) is 0. The quantitative estimate of drug-likeness (QED) is 0.372. The van der Waals surface area contributed by atoms with Crippen molar-refractivity contribution >= 4 is 5.78 Å². The normalized spacial score (nSPS) is 43.3. The van der Waals surface area contributed by atoms with Crippen molar-refractivity contribution in [3.05, 3.63) is 23.0 Å². The first-order chi connectivity index (χ1) is 15.3. The molecule has 0 bridgehead atoms. The highest BCUT2D eigenvalue weighted by atomic mass is 16.5. The topological polar surface area (TPSA) is 59.3 Å². The van der Waals surface area contributed by atoms with Gasteiger partial charge in [0.15, 0.2) is 0 Å². The fraction of sp³-hybridized carbons (Fsp3) is 0.786. The number of nitrogens with zero attached hydrogens (tertiary/aromatic N) is 1. The Morgan fingerprint density at radius 1 is 1.31 bits per heavy atom. The predicted octanol–water partition coefficient (Wildman–Crippen LogP) is 6.33. The van der Waals surface area contributed by atoms with Gasteiger partial charge in [-0.15, -0.1) is 0 Å². The number of nitriles is 1. The first kappa shape index (κ1) is 22.1. The van der Waals surface area contributed by atoms with Crippen molar-refractivity contribution in [2.24, 2.45) is 40.4 Å². The summed E-state index contributed by atoms with van der Waals surface area (Å²) in [5.74, 6) is 4.78. The molecular formula is C28H39NO3. The number of allylic oxidation sites excluding steroid dienone is 3. The van der Waals surface area contributed by atoms with Gasteiger partial charge in [0, 0.05) is 25.2 Å². The van der Waals surface area contributed by atoms with Gasteiger partial charge in [-0.05, 0) is 85.5 Å². The third kappa shape index (κ3) is 3.25. The van der Waals surface area contributed by atoms with E-state index in [0.29, 0.717) is 42.2 Å². The minimum atomic E-state index is 0.244. The van der Waals surface area contributed by atoms with E-state index in [-0.39, 0.29) is 5.41 Å². The summed E-state index contributed by atoms with van der Waals surface area (Å²) in [4.78, 5) is 12.1. The molecule has 0 spiro atoms. The third-order valence-electron chi connectivity index (χ3n) is 10.4. The standard InChI is InChI=1S/C28H39NO3/c1-17(15-31-16-29)5-8-24-18(2)26-25(32-24)14-23-21-7-6-19-13-20(30)9-11-27(19,3)22(21)10-12-28(23,26)4/h6,17,21-23,25-26H,5,7-15H2,1-4H3/t17-,21-,22+,23+,25+,26+,27+,28+/m1/s1. The highest BCUT2D eigenvalue weighted by Crippen LogP contribution is 2.68. The van der Waals surface area contributed by atoms with Crippen LogP contribution in [0.2, 0.25) is 0 Å². The summed E-state index contributed by atoms with van der Waals surface area (Å²) in [5.41, 5.74) is 3.53. The fourth-order valence-corrected chi connectivity index (χ4v) is 8.70. The van der Waals surface area contributed by atoms with E-state index in [0.717, 1.165) is 49.9 Å². The average Bonchev–Trinajstić information content (AvgIpc) is 3.24. The van der Waals surface area contributed by atoms with Gasteiger partial charge in [0.25, 0.3) is 6.26 Å². The molecule has 32 heavy (non-hydrogen) atoms. The number of fused-ring (bicyclic) bond motifs is 7. The van der Waals surface area contributed by atoms with Crippen molar-refractivity contribution in [1.82, 2.24) is 0 Å². The van der Waals surface area contributed by atoms with E-state index in [2.05, 4.69) is 33.8 Å². The molecular weight excluding hydrogens is 398 g/mol. The Bertz CT molecular complexity index is 897. The van der Waals surface area contributed by atoms with Crippen molar-refractivity contribution in [1.29, 1.82) is 5.26 Å². The molecule has 0 aromatic heterocycles. The maximum atomic E-state index is 12.1. The summed E-state index contributed by atoms with van der Waals surface area (Å²) in [6.07, 6.45) is 14.0. The summed E-state index contributed by atoms with van der Waals surface area (Å²) in [6, 6.07) is 0. The van der Waals surface area contributed by atoms with Crippen LogP contribution < -0.4 is 0 Å². The van der Waals surface area contributed by atoms with Crippen molar-refractivity contribution in [2.45, 2.75) is 91.6 Å². The minimum absolute atomic E-state index is 0.244. The Hall–Kier alpha value is -1.76. The molecule has 8 atom stereocenters. The fourth-order valence-electron chi connectivity index (χ4n) is 8.70. The van der Waals surface area contributed by atoms with Crippen LogP contribution in [0.1, 0.15) is 85.5 Å². The van der Waals surface area contributed by atoms with Gasteiger partial charge in [0.05, 0.1) is 5.76 Å². The highest BCUT2D eigenvalue weighted by molar-refractivity contribution is 5.82. The summed E-state index contributed by atoms with van der Waals surface area (Å²) in [7, 11) is 0. The molecule has 0 aromatic carbocycles. The SMILES string of the molecule is CC1=C(CC[C@@H](C)COC#N)O[C@H]2C[C@H]3[C@@H]4CC=C5CC(=O)CC[C@]5(C)[C@H]4CC[C@]3(C)[C@@H]12. The largest absolute Gasteiger partial charge is 0.494 e. The van der Waals surface area contributed by atoms with Crippen LogP contribution in [0.4, 0.5) is 0 Å². The smallest absolute Gasteiger partial charge is 0.286 e. The zero-order valence-corrected chi connectivity index (χ0v) is 20.3. The molecule has 0 radical (unpaired) electrons. The molecule has 4 nitrogen and oxygen atoms in total. The first-order valence-corrected chi connectivity index (χ1v) is 12.9. The number of carbonyl (C=O) groups excluding carboxylic acids is 1. The number of rotatable bonds is 5. The van der Waals surface area contributed by atoms with Crippen molar-refractivity contribution < 1.29 is 14.3 Å². The highest BCUT2D eigenvalue weighted by Gasteiger charge is 2.63. The van der Waals surface area contributed by atoms with Crippen molar-refractivity contribution in [3.8, 4) is 6.26 Å². The molecule has 0 saturated heterocycles. The molecule has 3 fully saturated rings. The van der Waals surface area contributed by atoms with Crippen LogP contribution in [-0.2, 0) is 14.3 Å². The molecule has 1 heterocycles. The van der Waals surface area contributed by atoms with E-state index in [4.69, 9.17) is 14.7 Å². The van der Waals surface area contributed by atoms with Crippen molar-refractivity contribution in [2.75, 3.05) is 6.61 Å². The van der Waals surface area contributed by atoms with Gasteiger partial charge in [0.2, 0.25) is 0 Å².